The second kappa shape index (κ2) is 4.46. The lowest BCUT2D eigenvalue weighted by molar-refractivity contribution is 0.336. The highest BCUT2D eigenvalue weighted by Crippen LogP contribution is 2.48. The lowest BCUT2D eigenvalue weighted by atomic mass is 9.88. The van der Waals surface area contributed by atoms with Crippen molar-refractivity contribution in [2.45, 2.75) is 31.2 Å². The summed E-state index contributed by atoms with van der Waals surface area (Å²) >= 11 is 3.31. The molecular weight excluding hydrogens is 289 g/mol. The summed E-state index contributed by atoms with van der Waals surface area (Å²) in [5.74, 6) is -1.04. The highest BCUT2D eigenvalue weighted by molar-refractivity contribution is 9.10. The van der Waals surface area contributed by atoms with Gasteiger partial charge >= 0.3 is 0 Å². The SMILES string of the molecule is COc1c(O)c(F)cc(Br)c1C1(N)CCCC1. The molecule has 0 amide bonds. The van der Waals surface area contributed by atoms with Gasteiger partial charge < -0.3 is 15.6 Å². The molecule has 0 unspecified atom stereocenters. The molecule has 1 aliphatic carbocycles. The van der Waals surface area contributed by atoms with Crippen LogP contribution in [0.4, 0.5) is 4.39 Å². The van der Waals surface area contributed by atoms with Gasteiger partial charge in [0, 0.05) is 15.6 Å². The van der Waals surface area contributed by atoms with E-state index >= 15 is 0 Å². The molecule has 1 saturated carbocycles. The summed E-state index contributed by atoms with van der Waals surface area (Å²) in [5.41, 5.74) is 6.45. The van der Waals surface area contributed by atoms with Crippen LogP contribution in [0.25, 0.3) is 0 Å². The number of ether oxygens (including phenoxy) is 1. The van der Waals surface area contributed by atoms with E-state index in [2.05, 4.69) is 15.9 Å². The third kappa shape index (κ3) is 2.02. The minimum absolute atomic E-state index is 0.140. The number of rotatable bonds is 2. The Morgan fingerprint density at radius 1 is 1.47 bits per heavy atom. The van der Waals surface area contributed by atoms with E-state index in [1.807, 2.05) is 0 Å². The van der Waals surface area contributed by atoms with Crippen LogP contribution in [0.5, 0.6) is 11.5 Å². The first-order valence-corrected chi connectivity index (χ1v) is 6.33. The molecule has 5 heteroatoms. The van der Waals surface area contributed by atoms with Gasteiger partial charge in [-0.3, -0.25) is 0 Å². The molecule has 0 aliphatic heterocycles. The lowest BCUT2D eigenvalue weighted by Crippen LogP contribution is -2.34. The van der Waals surface area contributed by atoms with Crippen LogP contribution in [0.15, 0.2) is 10.5 Å². The molecule has 0 aromatic heterocycles. The summed E-state index contributed by atoms with van der Waals surface area (Å²) in [7, 11) is 1.41. The van der Waals surface area contributed by atoms with Crippen molar-refractivity contribution in [1.82, 2.24) is 0 Å². The Morgan fingerprint density at radius 3 is 2.59 bits per heavy atom. The van der Waals surface area contributed by atoms with Crippen molar-refractivity contribution in [3.8, 4) is 11.5 Å². The summed E-state index contributed by atoms with van der Waals surface area (Å²) in [4.78, 5) is 0. The Morgan fingerprint density at radius 2 is 2.06 bits per heavy atom. The molecule has 0 saturated heterocycles. The number of phenols is 1. The second-order valence-corrected chi connectivity index (χ2v) is 5.31. The quantitative estimate of drug-likeness (QED) is 0.883. The number of hydrogen-bond donors (Lipinski definition) is 2. The van der Waals surface area contributed by atoms with Crippen molar-refractivity contribution in [2.75, 3.05) is 7.11 Å². The predicted octanol–water partition coefficient (Wildman–Crippen LogP) is 3.03. The number of nitrogens with two attached hydrogens (primary N) is 1. The normalized spacial score (nSPS) is 18.4. The van der Waals surface area contributed by atoms with E-state index in [0.29, 0.717) is 10.0 Å². The van der Waals surface area contributed by atoms with E-state index in [0.717, 1.165) is 25.7 Å². The number of aromatic hydroxyl groups is 1. The Bertz CT molecular complexity index is 445. The van der Waals surface area contributed by atoms with Gasteiger partial charge in [-0.2, -0.15) is 0 Å². The molecule has 1 fully saturated rings. The molecule has 0 spiro atoms. The predicted molar refractivity (Wildman–Crippen MR) is 66.7 cm³/mol. The van der Waals surface area contributed by atoms with Crippen molar-refractivity contribution < 1.29 is 14.2 Å². The smallest absolute Gasteiger partial charge is 0.194 e. The number of phenolic OH excluding ortho intramolecular Hbond substituents is 1. The fraction of sp³-hybridized carbons (Fsp3) is 0.500. The van der Waals surface area contributed by atoms with Crippen LogP contribution < -0.4 is 10.5 Å². The Balaban J connectivity index is 2.63. The third-order valence-electron chi connectivity index (χ3n) is 3.36. The van der Waals surface area contributed by atoms with Gasteiger partial charge in [0.1, 0.15) is 0 Å². The largest absolute Gasteiger partial charge is 0.502 e. The molecule has 0 bridgehead atoms. The summed E-state index contributed by atoms with van der Waals surface area (Å²) in [6.45, 7) is 0. The van der Waals surface area contributed by atoms with Gasteiger partial charge in [0.25, 0.3) is 0 Å². The molecule has 1 aromatic rings. The van der Waals surface area contributed by atoms with Crippen LogP contribution >= 0.6 is 15.9 Å². The molecule has 0 heterocycles. The molecule has 2 rings (SSSR count). The fourth-order valence-corrected chi connectivity index (χ4v) is 3.28. The average molecular weight is 304 g/mol. The molecule has 94 valence electrons. The van der Waals surface area contributed by atoms with Crippen LogP contribution in [-0.2, 0) is 5.54 Å². The minimum atomic E-state index is -0.709. The zero-order valence-corrected chi connectivity index (χ0v) is 11.2. The number of halogens is 2. The van der Waals surface area contributed by atoms with E-state index in [4.69, 9.17) is 10.5 Å². The standard InChI is InChI=1S/C12H15BrFNO2/c1-17-11-9(12(15)4-2-3-5-12)7(13)6-8(14)10(11)16/h6,16H,2-5,15H2,1H3. The van der Waals surface area contributed by atoms with Crippen molar-refractivity contribution in [2.24, 2.45) is 5.73 Å². The first-order chi connectivity index (χ1) is 7.99. The van der Waals surface area contributed by atoms with Gasteiger partial charge in [-0.1, -0.05) is 28.8 Å². The van der Waals surface area contributed by atoms with E-state index in [1.54, 1.807) is 0 Å². The zero-order valence-electron chi connectivity index (χ0n) is 9.59. The highest BCUT2D eigenvalue weighted by atomic mass is 79.9. The molecule has 1 aliphatic rings. The first-order valence-electron chi connectivity index (χ1n) is 5.54. The number of benzene rings is 1. The van der Waals surface area contributed by atoms with E-state index in [1.165, 1.54) is 13.2 Å². The van der Waals surface area contributed by atoms with Gasteiger partial charge in [-0.25, -0.2) is 4.39 Å². The number of methoxy groups -OCH3 is 1. The zero-order chi connectivity index (χ0) is 12.6. The molecule has 0 atom stereocenters. The maximum absolute atomic E-state index is 13.4. The maximum Gasteiger partial charge on any atom is 0.194 e. The van der Waals surface area contributed by atoms with Crippen LogP contribution in [0, 0.1) is 5.82 Å². The molecular formula is C12H15BrFNO2. The molecule has 0 radical (unpaired) electrons. The molecule has 1 aromatic carbocycles. The third-order valence-corrected chi connectivity index (χ3v) is 3.98. The van der Waals surface area contributed by atoms with Crippen LogP contribution in [0.1, 0.15) is 31.2 Å². The molecule has 3 nitrogen and oxygen atoms in total. The Kier molecular flexibility index (Phi) is 3.32. The highest BCUT2D eigenvalue weighted by Gasteiger charge is 2.37. The summed E-state index contributed by atoms with van der Waals surface area (Å²) in [5, 5.41) is 9.70. The van der Waals surface area contributed by atoms with Crippen molar-refractivity contribution in [3.63, 3.8) is 0 Å². The summed E-state index contributed by atoms with van der Waals surface area (Å²) in [6, 6.07) is 1.24. The van der Waals surface area contributed by atoms with Gasteiger partial charge in [-0.05, 0) is 18.9 Å². The monoisotopic (exact) mass is 303 g/mol. The average Bonchev–Trinajstić information content (AvgIpc) is 2.70. The lowest BCUT2D eigenvalue weighted by Gasteiger charge is -2.28. The van der Waals surface area contributed by atoms with Crippen molar-refractivity contribution in [3.05, 3.63) is 21.9 Å². The molecule has 17 heavy (non-hydrogen) atoms. The van der Waals surface area contributed by atoms with Gasteiger partial charge in [0.05, 0.1) is 7.11 Å². The van der Waals surface area contributed by atoms with Crippen LogP contribution in [0.3, 0.4) is 0 Å². The van der Waals surface area contributed by atoms with Gasteiger partial charge in [0.2, 0.25) is 0 Å². The van der Waals surface area contributed by atoms with Crippen LogP contribution in [-0.4, -0.2) is 12.2 Å². The van der Waals surface area contributed by atoms with E-state index < -0.39 is 17.1 Å². The summed E-state index contributed by atoms with van der Waals surface area (Å²) in [6.07, 6.45) is 3.69. The fourth-order valence-electron chi connectivity index (χ4n) is 2.51. The van der Waals surface area contributed by atoms with E-state index in [-0.39, 0.29) is 5.75 Å². The first kappa shape index (κ1) is 12.6. The van der Waals surface area contributed by atoms with Gasteiger partial charge in [-0.15, -0.1) is 0 Å². The Labute approximate surface area is 108 Å². The van der Waals surface area contributed by atoms with Crippen LogP contribution in [0.2, 0.25) is 0 Å². The second-order valence-electron chi connectivity index (χ2n) is 4.46. The minimum Gasteiger partial charge on any atom is -0.502 e. The van der Waals surface area contributed by atoms with Crippen molar-refractivity contribution in [1.29, 1.82) is 0 Å². The number of hydrogen-bond acceptors (Lipinski definition) is 3. The topological polar surface area (TPSA) is 55.5 Å². The van der Waals surface area contributed by atoms with E-state index in [9.17, 15) is 9.50 Å². The maximum atomic E-state index is 13.4. The van der Waals surface area contributed by atoms with Gasteiger partial charge in [0.15, 0.2) is 17.3 Å². The summed E-state index contributed by atoms with van der Waals surface area (Å²) < 4.78 is 19.1. The van der Waals surface area contributed by atoms with Crippen molar-refractivity contribution >= 4 is 15.9 Å². The molecule has 3 N–H and O–H groups in total. The Hall–Kier alpha value is -0.810.